The number of hydrogen-bond donors (Lipinski definition) is 3. The highest BCUT2D eigenvalue weighted by Gasteiger charge is 2.20. The minimum Gasteiger partial charge on any atom is -0.506 e. The minimum atomic E-state index is -0.781. The number of rotatable bonds is 2. The molecule has 0 fully saturated rings. The van der Waals surface area contributed by atoms with Crippen LogP contribution >= 0.6 is 0 Å². The molecule has 0 aliphatic heterocycles. The Morgan fingerprint density at radius 1 is 0.690 bits per heavy atom. The number of nitrogens with zero attached hydrogens (tertiary/aromatic N) is 2. The number of phenolic OH excluding ortho intramolecular Hbond substituents is 2. The van der Waals surface area contributed by atoms with E-state index in [-0.39, 0.29) is 22.6 Å². The molecule has 7 heteroatoms. The van der Waals surface area contributed by atoms with E-state index in [2.05, 4.69) is 15.3 Å². The second-order valence-electron chi connectivity index (χ2n) is 6.75. The molecule has 0 unspecified atom stereocenters. The fourth-order valence-corrected chi connectivity index (χ4v) is 3.18. The zero-order valence-electron chi connectivity index (χ0n) is 15.7. The van der Waals surface area contributed by atoms with Gasteiger partial charge < -0.3 is 10.2 Å². The third-order valence-corrected chi connectivity index (χ3v) is 4.68. The second kappa shape index (κ2) is 6.87. The number of phenols is 2. The van der Waals surface area contributed by atoms with Crippen molar-refractivity contribution in [3.8, 4) is 11.5 Å². The van der Waals surface area contributed by atoms with E-state index in [1.165, 1.54) is 12.1 Å². The Bertz CT molecular complexity index is 1210. The molecule has 3 N–H and O–H groups in total. The van der Waals surface area contributed by atoms with Gasteiger partial charge >= 0.3 is 0 Å². The number of imide groups is 1. The van der Waals surface area contributed by atoms with E-state index in [1.807, 2.05) is 13.8 Å². The Morgan fingerprint density at radius 3 is 1.52 bits per heavy atom. The summed E-state index contributed by atoms with van der Waals surface area (Å²) < 4.78 is 0. The maximum Gasteiger partial charge on any atom is 0.261 e. The van der Waals surface area contributed by atoms with Crippen LogP contribution in [0, 0.1) is 13.8 Å². The fraction of sp³-hybridized carbons (Fsp3) is 0.0909. The Balaban J connectivity index is 1.66. The van der Waals surface area contributed by atoms with Gasteiger partial charge in [0, 0.05) is 22.2 Å². The average molecular weight is 387 g/mol. The molecule has 2 aromatic carbocycles. The summed E-state index contributed by atoms with van der Waals surface area (Å²) in [4.78, 5) is 33.7. The zero-order valence-corrected chi connectivity index (χ0v) is 15.7. The molecule has 2 amide bonds. The number of carbonyl (C=O) groups excluding carboxylic acids is 2. The number of pyridine rings is 2. The first-order valence-corrected chi connectivity index (χ1v) is 8.89. The van der Waals surface area contributed by atoms with Crippen LogP contribution in [0.15, 0.2) is 48.5 Å². The average Bonchev–Trinajstić information content (AvgIpc) is 2.68. The van der Waals surface area contributed by atoms with Gasteiger partial charge in [-0.15, -0.1) is 0 Å². The summed E-state index contributed by atoms with van der Waals surface area (Å²) in [5.74, 6) is -2.08. The van der Waals surface area contributed by atoms with Gasteiger partial charge in [0.15, 0.2) is 0 Å². The van der Waals surface area contributed by atoms with E-state index in [1.54, 1.807) is 36.4 Å². The lowest BCUT2D eigenvalue weighted by Crippen LogP contribution is -2.30. The summed E-state index contributed by atoms with van der Waals surface area (Å²) in [5, 5.41) is 23.9. The summed E-state index contributed by atoms with van der Waals surface area (Å²) in [7, 11) is 0. The van der Waals surface area contributed by atoms with Gasteiger partial charge in [-0.25, -0.2) is 0 Å². The molecule has 7 nitrogen and oxygen atoms in total. The SMILES string of the molecule is Cc1ccc2c(O)c(C(=O)NC(=O)c3ccc4nc(C)ccc4c3O)ccc2n1. The molecule has 144 valence electrons. The molecule has 0 radical (unpaired) electrons. The smallest absolute Gasteiger partial charge is 0.261 e. The summed E-state index contributed by atoms with van der Waals surface area (Å²) in [6.07, 6.45) is 0. The summed E-state index contributed by atoms with van der Waals surface area (Å²) >= 11 is 0. The Morgan fingerprint density at radius 2 is 1.10 bits per heavy atom. The quantitative estimate of drug-likeness (QED) is 0.455. The lowest BCUT2D eigenvalue weighted by atomic mass is 10.1. The molecule has 0 spiro atoms. The first kappa shape index (κ1) is 18.4. The van der Waals surface area contributed by atoms with Gasteiger partial charge in [-0.1, -0.05) is 0 Å². The van der Waals surface area contributed by atoms with E-state index < -0.39 is 11.8 Å². The van der Waals surface area contributed by atoms with Crippen LogP contribution in [-0.2, 0) is 0 Å². The minimum absolute atomic E-state index is 0.0610. The zero-order chi connectivity index (χ0) is 20.7. The van der Waals surface area contributed by atoms with E-state index in [0.29, 0.717) is 21.8 Å². The van der Waals surface area contributed by atoms with Crippen LogP contribution in [0.25, 0.3) is 21.8 Å². The maximum absolute atomic E-state index is 12.6. The van der Waals surface area contributed by atoms with Gasteiger partial charge in [-0.05, 0) is 62.4 Å². The van der Waals surface area contributed by atoms with Crippen LogP contribution in [-0.4, -0.2) is 32.0 Å². The second-order valence-corrected chi connectivity index (χ2v) is 6.75. The molecule has 0 saturated carbocycles. The van der Waals surface area contributed by atoms with Crippen molar-refractivity contribution in [2.24, 2.45) is 0 Å². The van der Waals surface area contributed by atoms with Crippen molar-refractivity contribution >= 4 is 33.6 Å². The number of aryl methyl sites for hydroxylation is 2. The maximum atomic E-state index is 12.6. The Labute approximate surface area is 165 Å². The van der Waals surface area contributed by atoms with Crippen LogP contribution in [0.2, 0.25) is 0 Å². The van der Waals surface area contributed by atoms with E-state index >= 15 is 0 Å². The number of aromatic nitrogens is 2. The molecular formula is C22H17N3O4. The monoisotopic (exact) mass is 387 g/mol. The molecular weight excluding hydrogens is 370 g/mol. The lowest BCUT2D eigenvalue weighted by molar-refractivity contribution is 0.0847. The van der Waals surface area contributed by atoms with Crippen LogP contribution < -0.4 is 5.32 Å². The van der Waals surface area contributed by atoms with Gasteiger partial charge in [0.05, 0.1) is 22.2 Å². The number of benzene rings is 2. The Kier molecular flexibility index (Phi) is 4.35. The van der Waals surface area contributed by atoms with Crippen LogP contribution in [0.1, 0.15) is 32.1 Å². The predicted octanol–water partition coefficient (Wildman–Crippen LogP) is 3.38. The normalized spacial score (nSPS) is 11.0. The molecule has 2 aromatic heterocycles. The number of carbonyl (C=O) groups is 2. The van der Waals surface area contributed by atoms with Crippen LogP contribution in [0.5, 0.6) is 11.5 Å². The summed E-state index contributed by atoms with van der Waals surface area (Å²) in [6, 6.07) is 12.8. The molecule has 4 aromatic rings. The van der Waals surface area contributed by atoms with E-state index in [4.69, 9.17) is 0 Å². The topological polar surface area (TPSA) is 112 Å². The number of hydrogen-bond acceptors (Lipinski definition) is 6. The van der Waals surface area contributed by atoms with E-state index in [9.17, 15) is 19.8 Å². The molecule has 0 aliphatic rings. The van der Waals surface area contributed by atoms with E-state index in [0.717, 1.165) is 11.4 Å². The standard InChI is InChI=1S/C22H17N3O4/c1-11-3-5-13-17(23-11)9-7-15(19(13)26)21(28)25-22(29)16-8-10-18-14(20(16)27)6-4-12(2)24-18/h3-10,26-27H,1-2H3,(H,25,28,29). The lowest BCUT2D eigenvalue weighted by Gasteiger charge is -2.10. The number of aromatic hydroxyl groups is 2. The van der Waals surface area contributed by atoms with Crippen molar-refractivity contribution in [3.05, 3.63) is 71.0 Å². The summed E-state index contributed by atoms with van der Waals surface area (Å²) in [6.45, 7) is 3.64. The van der Waals surface area contributed by atoms with Crippen molar-refractivity contribution < 1.29 is 19.8 Å². The highest BCUT2D eigenvalue weighted by Crippen LogP contribution is 2.30. The highest BCUT2D eigenvalue weighted by molar-refractivity contribution is 6.15. The van der Waals surface area contributed by atoms with Gasteiger partial charge in [-0.2, -0.15) is 0 Å². The number of fused-ring (bicyclic) bond motifs is 2. The first-order chi connectivity index (χ1) is 13.8. The van der Waals surface area contributed by atoms with Gasteiger partial charge in [0.2, 0.25) is 0 Å². The van der Waals surface area contributed by atoms with Gasteiger partial charge in [0.25, 0.3) is 11.8 Å². The van der Waals surface area contributed by atoms with Crippen LogP contribution in [0.4, 0.5) is 0 Å². The van der Waals surface area contributed by atoms with Crippen molar-refractivity contribution in [1.29, 1.82) is 0 Å². The third-order valence-electron chi connectivity index (χ3n) is 4.68. The van der Waals surface area contributed by atoms with Crippen LogP contribution in [0.3, 0.4) is 0 Å². The highest BCUT2D eigenvalue weighted by atomic mass is 16.3. The molecule has 0 bridgehead atoms. The van der Waals surface area contributed by atoms with Crippen molar-refractivity contribution in [2.45, 2.75) is 13.8 Å². The molecule has 0 aliphatic carbocycles. The molecule has 29 heavy (non-hydrogen) atoms. The molecule has 2 heterocycles. The fourth-order valence-electron chi connectivity index (χ4n) is 3.18. The molecule has 0 atom stereocenters. The van der Waals surface area contributed by atoms with Gasteiger partial charge in [0.1, 0.15) is 11.5 Å². The largest absolute Gasteiger partial charge is 0.506 e. The predicted molar refractivity (Wildman–Crippen MR) is 108 cm³/mol. The van der Waals surface area contributed by atoms with Gasteiger partial charge in [-0.3, -0.25) is 24.9 Å². The third kappa shape index (κ3) is 3.23. The van der Waals surface area contributed by atoms with Crippen molar-refractivity contribution in [1.82, 2.24) is 15.3 Å². The summed E-state index contributed by atoms with van der Waals surface area (Å²) in [5.41, 5.74) is 2.52. The number of nitrogens with one attached hydrogen (secondary N) is 1. The van der Waals surface area contributed by atoms with Crippen molar-refractivity contribution in [3.63, 3.8) is 0 Å². The number of amides is 2. The Hall–Kier alpha value is -4.00. The molecule has 4 rings (SSSR count). The molecule has 0 saturated heterocycles. The van der Waals surface area contributed by atoms with Crippen molar-refractivity contribution in [2.75, 3.05) is 0 Å². The first-order valence-electron chi connectivity index (χ1n) is 8.89.